The second-order valence-electron chi connectivity index (χ2n) is 7.91. The quantitative estimate of drug-likeness (QED) is 0.611. The van der Waals surface area contributed by atoms with Gasteiger partial charge >= 0.3 is 8.56 Å². The zero-order chi connectivity index (χ0) is 20.6. The van der Waals surface area contributed by atoms with Crippen molar-refractivity contribution < 1.29 is 13.7 Å². The molecule has 0 amide bonds. The Labute approximate surface area is 178 Å². The molecule has 30 heavy (non-hydrogen) atoms. The largest absolute Gasteiger partial charge is 0.407 e. The van der Waals surface area contributed by atoms with Gasteiger partial charge in [0.2, 0.25) is 0 Å². The monoisotopic (exact) mass is 415 g/mol. The molecule has 2 aliphatic heterocycles. The fraction of sp³-hybridized carbons (Fsp3) is 0.240. The van der Waals surface area contributed by atoms with Crippen LogP contribution in [0.25, 0.3) is 0 Å². The standard InChI is InChI=1S/C25H25NO3Si/c1-18-23-24(26-27-25(23)20-12-6-3-7-13-20)19(2)29-30(28-18,21-14-8-4-9-15-21)22-16-10-5-11-17-22/h3-19,23,25H,1-2H3/t18-,19?,23+,25-/m1/s1. The maximum absolute atomic E-state index is 6.96. The summed E-state index contributed by atoms with van der Waals surface area (Å²) in [6.45, 7) is 4.19. The van der Waals surface area contributed by atoms with E-state index in [1.807, 2.05) is 54.6 Å². The molecule has 0 aliphatic carbocycles. The Kier molecular flexibility index (Phi) is 5.02. The Hall–Kier alpha value is -2.73. The molecule has 0 bridgehead atoms. The van der Waals surface area contributed by atoms with Gasteiger partial charge in [0.05, 0.1) is 23.8 Å². The van der Waals surface area contributed by atoms with Crippen LogP contribution in [0.15, 0.2) is 96.2 Å². The van der Waals surface area contributed by atoms with Crippen molar-refractivity contribution in [1.82, 2.24) is 0 Å². The minimum atomic E-state index is -2.94. The first-order valence-corrected chi connectivity index (χ1v) is 12.3. The lowest BCUT2D eigenvalue weighted by atomic mass is 9.86. The van der Waals surface area contributed by atoms with Gasteiger partial charge in [-0.3, -0.25) is 0 Å². The molecule has 152 valence electrons. The smallest absolute Gasteiger partial charge is 0.387 e. The van der Waals surface area contributed by atoms with Crippen molar-refractivity contribution in [2.24, 2.45) is 11.1 Å². The van der Waals surface area contributed by atoms with Crippen LogP contribution in [-0.2, 0) is 13.7 Å². The highest BCUT2D eigenvalue weighted by Gasteiger charge is 2.54. The highest BCUT2D eigenvalue weighted by atomic mass is 28.4. The van der Waals surface area contributed by atoms with E-state index in [1.54, 1.807) is 0 Å². The molecule has 0 spiro atoms. The van der Waals surface area contributed by atoms with Gasteiger partial charge in [0, 0.05) is 0 Å². The summed E-state index contributed by atoms with van der Waals surface area (Å²) < 4.78 is 13.8. The van der Waals surface area contributed by atoms with Crippen LogP contribution >= 0.6 is 0 Å². The first-order valence-electron chi connectivity index (χ1n) is 10.4. The molecule has 0 aromatic heterocycles. The van der Waals surface area contributed by atoms with E-state index in [1.165, 1.54) is 0 Å². The Balaban J connectivity index is 1.61. The number of hydrogen-bond donors (Lipinski definition) is 0. The second-order valence-corrected chi connectivity index (χ2v) is 10.8. The third kappa shape index (κ3) is 3.19. The van der Waals surface area contributed by atoms with Gasteiger partial charge in [-0.1, -0.05) is 96.2 Å². The normalized spacial score (nSPS) is 27.5. The topological polar surface area (TPSA) is 40.0 Å². The molecule has 2 heterocycles. The fourth-order valence-corrected chi connectivity index (χ4v) is 8.05. The average molecular weight is 416 g/mol. The molecule has 1 fully saturated rings. The summed E-state index contributed by atoms with van der Waals surface area (Å²) in [4.78, 5) is 5.91. The molecule has 1 unspecified atom stereocenters. The SMILES string of the molecule is CC1O[Si](c2ccccc2)(c2ccccc2)O[C@H](C)[C@H]2C1=NO[C@@H]2c1ccccc1. The molecule has 5 heteroatoms. The van der Waals surface area contributed by atoms with Crippen LogP contribution in [0.5, 0.6) is 0 Å². The van der Waals surface area contributed by atoms with Gasteiger partial charge in [-0.05, 0) is 29.8 Å². The lowest BCUT2D eigenvalue weighted by molar-refractivity contribution is 0.0218. The molecule has 0 N–H and O–H groups in total. The van der Waals surface area contributed by atoms with E-state index in [9.17, 15) is 0 Å². The molecule has 3 aromatic carbocycles. The van der Waals surface area contributed by atoms with E-state index < -0.39 is 8.56 Å². The van der Waals surface area contributed by atoms with Crippen LogP contribution in [0.3, 0.4) is 0 Å². The highest BCUT2D eigenvalue weighted by molar-refractivity contribution is 6.92. The summed E-state index contributed by atoms with van der Waals surface area (Å²) in [5.74, 6) is 0.00389. The van der Waals surface area contributed by atoms with E-state index in [0.29, 0.717) is 0 Å². The van der Waals surface area contributed by atoms with Gasteiger partial charge in [-0.25, -0.2) is 0 Å². The number of nitrogens with zero attached hydrogens (tertiary/aromatic N) is 1. The molecule has 0 radical (unpaired) electrons. The molecule has 2 aliphatic rings. The minimum absolute atomic E-state index is 0.00389. The minimum Gasteiger partial charge on any atom is -0.387 e. The van der Waals surface area contributed by atoms with Crippen molar-refractivity contribution in [3.63, 3.8) is 0 Å². The van der Waals surface area contributed by atoms with Crippen molar-refractivity contribution in [3.05, 3.63) is 96.6 Å². The molecule has 0 saturated carbocycles. The summed E-state index contributed by atoms with van der Waals surface area (Å²) in [6.07, 6.45) is -0.493. The van der Waals surface area contributed by atoms with Crippen molar-refractivity contribution in [1.29, 1.82) is 0 Å². The molecule has 4 nitrogen and oxygen atoms in total. The number of fused-ring (bicyclic) bond motifs is 1. The molecular formula is C25H25NO3Si. The summed E-state index contributed by atoms with van der Waals surface area (Å²) in [6, 6.07) is 31.0. The molecule has 3 aromatic rings. The van der Waals surface area contributed by atoms with Crippen molar-refractivity contribution >= 4 is 24.6 Å². The number of rotatable bonds is 3. The number of oxime groups is 1. The summed E-state index contributed by atoms with van der Waals surface area (Å²) >= 11 is 0. The third-order valence-electron chi connectivity index (χ3n) is 5.99. The van der Waals surface area contributed by atoms with Crippen LogP contribution in [0.1, 0.15) is 25.5 Å². The molecule has 5 rings (SSSR count). The Bertz CT molecular complexity index is 987. The third-order valence-corrected chi connectivity index (χ3v) is 9.57. The zero-order valence-corrected chi connectivity index (χ0v) is 18.1. The Morgan fingerprint density at radius 3 is 1.80 bits per heavy atom. The summed E-state index contributed by atoms with van der Waals surface area (Å²) in [5, 5.41) is 6.70. The predicted molar refractivity (Wildman–Crippen MR) is 120 cm³/mol. The highest BCUT2D eigenvalue weighted by Crippen LogP contribution is 2.40. The van der Waals surface area contributed by atoms with Gasteiger partial charge in [0.15, 0.2) is 6.10 Å². The predicted octanol–water partition coefficient (Wildman–Crippen LogP) is 3.81. The van der Waals surface area contributed by atoms with E-state index in [0.717, 1.165) is 21.6 Å². The second kappa shape index (κ2) is 7.83. The van der Waals surface area contributed by atoms with Crippen LogP contribution < -0.4 is 10.4 Å². The van der Waals surface area contributed by atoms with Crippen LogP contribution in [0, 0.1) is 5.92 Å². The van der Waals surface area contributed by atoms with Crippen molar-refractivity contribution in [3.8, 4) is 0 Å². The number of benzene rings is 3. The lowest BCUT2D eigenvalue weighted by Crippen LogP contribution is -2.65. The molecular weight excluding hydrogens is 390 g/mol. The first-order chi connectivity index (χ1) is 14.7. The van der Waals surface area contributed by atoms with Gasteiger partial charge in [-0.15, -0.1) is 0 Å². The fourth-order valence-electron chi connectivity index (χ4n) is 4.57. The average Bonchev–Trinajstić information content (AvgIpc) is 3.22. The molecule has 1 saturated heterocycles. The van der Waals surface area contributed by atoms with Crippen LogP contribution in [0.2, 0.25) is 0 Å². The zero-order valence-electron chi connectivity index (χ0n) is 17.1. The van der Waals surface area contributed by atoms with Gasteiger partial charge in [0.1, 0.15) is 0 Å². The van der Waals surface area contributed by atoms with Crippen LogP contribution in [0.4, 0.5) is 0 Å². The van der Waals surface area contributed by atoms with Gasteiger partial charge < -0.3 is 13.7 Å². The maximum Gasteiger partial charge on any atom is 0.407 e. The Morgan fingerprint density at radius 1 is 0.700 bits per heavy atom. The first kappa shape index (κ1) is 19.2. The number of hydrogen-bond acceptors (Lipinski definition) is 4. The van der Waals surface area contributed by atoms with E-state index in [2.05, 4.69) is 55.4 Å². The summed E-state index contributed by atoms with van der Waals surface area (Å²) in [5.41, 5.74) is 2.04. The van der Waals surface area contributed by atoms with Gasteiger partial charge in [-0.2, -0.15) is 0 Å². The van der Waals surface area contributed by atoms with E-state index >= 15 is 0 Å². The lowest BCUT2D eigenvalue weighted by Gasteiger charge is -2.34. The van der Waals surface area contributed by atoms with E-state index in [-0.39, 0.29) is 24.2 Å². The van der Waals surface area contributed by atoms with Gasteiger partial charge in [0.25, 0.3) is 0 Å². The van der Waals surface area contributed by atoms with Crippen molar-refractivity contribution in [2.75, 3.05) is 0 Å². The summed E-state index contributed by atoms with van der Waals surface area (Å²) in [7, 11) is -2.94. The molecule has 4 atom stereocenters. The van der Waals surface area contributed by atoms with Crippen molar-refractivity contribution in [2.45, 2.75) is 32.2 Å². The maximum atomic E-state index is 6.96. The van der Waals surface area contributed by atoms with Crippen LogP contribution in [-0.4, -0.2) is 26.5 Å². The Morgan fingerprint density at radius 2 is 1.23 bits per heavy atom. The van der Waals surface area contributed by atoms with E-state index in [4.69, 9.17) is 13.7 Å².